The molecule has 2 aromatic heterocycles. The summed E-state index contributed by atoms with van der Waals surface area (Å²) in [5.74, 6) is 1.04. The molecule has 5 rings (SSSR count). The van der Waals surface area contributed by atoms with Gasteiger partial charge in [-0.1, -0.05) is 54.7 Å². The lowest BCUT2D eigenvalue weighted by molar-refractivity contribution is -0.115. The lowest BCUT2D eigenvalue weighted by Gasteiger charge is -2.15. The Labute approximate surface area is 206 Å². The van der Waals surface area contributed by atoms with Crippen molar-refractivity contribution in [2.45, 2.75) is 31.6 Å². The number of benzene rings is 2. The van der Waals surface area contributed by atoms with Gasteiger partial charge in [-0.05, 0) is 53.6 Å². The van der Waals surface area contributed by atoms with Crippen molar-refractivity contribution in [1.29, 1.82) is 0 Å². The van der Waals surface area contributed by atoms with Crippen LogP contribution in [0.2, 0.25) is 0 Å². The Morgan fingerprint density at radius 3 is 2.94 bits per heavy atom. The molecule has 1 unspecified atom stereocenters. The van der Waals surface area contributed by atoms with Gasteiger partial charge in [-0.2, -0.15) is 11.8 Å². The van der Waals surface area contributed by atoms with E-state index >= 15 is 0 Å². The van der Waals surface area contributed by atoms with Crippen LogP contribution >= 0.6 is 23.1 Å². The summed E-state index contributed by atoms with van der Waals surface area (Å²) < 4.78 is 2.62. The molecule has 0 aliphatic heterocycles. The van der Waals surface area contributed by atoms with Crippen LogP contribution in [0.15, 0.2) is 83.3 Å². The Hall–Kier alpha value is -3.16. The van der Waals surface area contributed by atoms with Crippen molar-refractivity contribution in [3.05, 3.63) is 93.8 Å². The summed E-state index contributed by atoms with van der Waals surface area (Å²) >= 11 is 3.11. The predicted molar refractivity (Wildman–Crippen MR) is 144 cm³/mol. The fraction of sp³-hybridized carbons (Fsp3) is 0.222. The van der Waals surface area contributed by atoms with Gasteiger partial charge in [0.15, 0.2) is 0 Å². The van der Waals surface area contributed by atoms with E-state index in [4.69, 9.17) is 0 Å². The molecule has 1 amide bonds. The molecule has 0 fully saturated rings. The molecule has 1 atom stereocenters. The Morgan fingerprint density at radius 2 is 2.12 bits per heavy atom. The quantitative estimate of drug-likeness (QED) is 0.347. The highest BCUT2D eigenvalue weighted by Crippen LogP contribution is 2.25. The van der Waals surface area contributed by atoms with Gasteiger partial charge in [0.05, 0.1) is 28.7 Å². The number of aromatic nitrogens is 2. The number of allylic oxidation sites excluding steroid dienone is 2. The Balaban J connectivity index is 1.29. The Morgan fingerprint density at radius 1 is 1.24 bits per heavy atom. The molecule has 2 aromatic carbocycles. The lowest BCUT2D eigenvalue weighted by atomic mass is 10.0. The van der Waals surface area contributed by atoms with E-state index < -0.39 is 0 Å². The van der Waals surface area contributed by atoms with E-state index in [9.17, 15) is 9.59 Å². The Bertz CT molecular complexity index is 1480. The number of hydrogen-bond acceptors (Lipinski definition) is 5. The summed E-state index contributed by atoms with van der Waals surface area (Å²) in [6.07, 6.45) is 9.55. The number of fused-ring (bicyclic) bond motifs is 2. The van der Waals surface area contributed by atoms with Gasteiger partial charge in [0.1, 0.15) is 0 Å². The van der Waals surface area contributed by atoms with Crippen LogP contribution in [-0.4, -0.2) is 26.5 Å². The molecule has 7 heteroatoms. The van der Waals surface area contributed by atoms with Crippen LogP contribution in [0.3, 0.4) is 0 Å². The number of para-hydroxylation sites is 1. The molecule has 34 heavy (non-hydrogen) atoms. The number of pyridine rings is 1. The first-order valence-corrected chi connectivity index (χ1v) is 13.2. The normalized spacial score (nSPS) is 15.6. The Kier molecular flexibility index (Phi) is 6.65. The molecule has 172 valence electrons. The lowest BCUT2D eigenvalue weighted by Crippen LogP contribution is -2.14. The highest BCUT2D eigenvalue weighted by molar-refractivity contribution is 8.00. The van der Waals surface area contributed by atoms with Gasteiger partial charge in [0.2, 0.25) is 5.91 Å². The zero-order chi connectivity index (χ0) is 23.5. The van der Waals surface area contributed by atoms with E-state index in [-0.39, 0.29) is 10.8 Å². The molecule has 0 radical (unpaired) electrons. The molecule has 5 nitrogen and oxygen atoms in total. The maximum atomic E-state index is 12.7. The summed E-state index contributed by atoms with van der Waals surface area (Å²) in [5, 5.41) is 4.55. The van der Waals surface area contributed by atoms with Gasteiger partial charge in [-0.25, -0.2) is 0 Å². The minimum Gasteiger partial charge on any atom is -0.326 e. The van der Waals surface area contributed by atoms with Crippen molar-refractivity contribution < 1.29 is 4.79 Å². The predicted octanol–water partition coefficient (Wildman–Crippen LogP) is 6.00. The number of carbonyl (C=O) groups is 1. The van der Waals surface area contributed by atoms with E-state index in [1.807, 2.05) is 60.4 Å². The minimum atomic E-state index is -0.0501. The fourth-order valence-corrected chi connectivity index (χ4v) is 5.96. The van der Waals surface area contributed by atoms with E-state index in [0.29, 0.717) is 23.9 Å². The molecule has 0 bridgehead atoms. The van der Waals surface area contributed by atoms with Crippen LogP contribution in [0, 0.1) is 0 Å². The van der Waals surface area contributed by atoms with Gasteiger partial charge in [0, 0.05) is 22.5 Å². The SMILES string of the molecule is CCSC1C=CC(CC(=O)Nc2ccc3c(c2)sc(=O)n3Cc2cnc3ccccc3c2)=CC1. The average Bonchev–Trinajstić information content (AvgIpc) is 3.14. The van der Waals surface area contributed by atoms with Crippen molar-refractivity contribution in [3.63, 3.8) is 0 Å². The van der Waals surface area contributed by atoms with Crippen molar-refractivity contribution in [2.75, 3.05) is 11.1 Å². The van der Waals surface area contributed by atoms with Crippen molar-refractivity contribution in [1.82, 2.24) is 9.55 Å². The third kappa shape index (κ3) is 5.00. The summed E-state index contributed by atoms with van der Waals surface area (Å²) in [5.41, 5.74) is 4.53. The van der Waals surface area contributed by atoms with E-state index in [1.54, 1.807) is 4.57 Å². The number of nitrogens with one attached hydrogen (secondary N) is 1. The topological polar surface area (TPSA) is 64.0 Å². The second-order valence-electron chi connectivity index (χ2n) is 8.27. The first-order valence-electron chi connectivity index (χ1n) is 11.3. The van der Waals surface area contributed by atoms with Crippen LogP contribution in [0.5, 0.6) is 0 Å². The third-order valence-corrected chi connectivity index (χ3v) is 7.88. The zero-order valence-electron chi connectivity index (χ0n) is 18.9. The number of nitrogens with zero attached hydrogens (tertiary/aromatic N) is 2. The number of hydrogen-bond donors (Lipinski definition) is 1. The average molecular weight is 488 g/mol. The minimum absolute atomic E-state index is 0.0244. The molecule has 2 heterocycles. The molecule has 1 aliphatic carbocycles. The zero-order valence-corrected chi connectivity index (χ0v) is 20.5. The van der Waals surface area contributed by atoms with Crippen LogP contribution in [0.4, 0.5) is 5.69 Å². The molecule has 0 saturated heterocycles. The third-order valence-electron chi connectivity index (χ3n) is 5.82. The number of rotatable bonds is 7. The van der Waals surface area contributed by atoms with Crippen molar-refractivity contribution >= 4 is 55.8 Å². The summed E-state index contributed by atoms with van der Waals surface area (Å²) in [6, 6.07) is 15.7. The van der Waals surface area contributed by atoms with Gasteiger partial charge in [-0.3, -0.25) is 19.1 Å². The molecular formula is C27H25N3O2S2. The van der Waals surface area contributed by atoms with Gasteiger partial charge in [-0.15, -0.1) is 0 Å². The molecular weight excluding hydrogens is 462 g/mol. The van der Waals surface area contributed by atoms with Crippen LogP contribution in [-0.2, 0) is 11.3 Å². The summed E-state index contributed by atoms with van der Waals surface area (Å²) in [6.45, 7) is 2.62. The van der Waals surface area contributed by atoms with Gasteiger partial charge in [0.25, 0.3) is 0 Å². The van der Waals surface area contributed by atoms with Gasteiger partial charge >= 0.3 is 4.87 Å². The highest BCUT2D eigenvalue weighted by atomic mass is 32.2. The smallest absolute Gasteiger partial charge is 0.308 e. The first kappa shape index (κ1) is 22.6. The monoisotopic (exact) mass is 487 g/mol. The highest BCUT2D eigenvalue weighted by Gasteiger charge is 2.13. The molecule has 4 aromatic rings. The van der Waals surface area contributed by atoms with Crippen LogP contribution in [0.25, 0.3) is 21.1 Å². The van der Waals surface area contributed by atoms with Crippen LogP contribution in [0.1, 0.15) is 25.3 Å². The number of carbonyl (C=O) groups excluding carboxylic acids is 1. The van der Waals surface area contributed by atoms with Crippen molar-refractivity contribution in [3.8, 4) is 0 Å². The molecule has 0 spiro atoms. The van der Waals surface area contributed by atoms with E-state index in [0.717, 1.165) is 44.4 Å². The summed E-state index contributed by atoms with van der Waals surface area (Å²) in [4.78, 5) is 29.8. The largest absolute Gasteiger partial charge is 0.326 e. The maximum absolute atomic E-state index is 12.7. The number of thiazole rings is 1. The maximum Gasteiger partial charge on any atom is 0.308 e. The number of thioether (sulfide) groups is 1. The number of anilines is 1. The molecule has 1 N–H and O–H groups in total. The molecule has 1 aliphatic rings. The van der Waals surface area contributed by atoms with E-state index in [2.05, 4.69) is 41.5 Å². The van der Waals surface area contributed by atoms with E-state index in [1.165, 1.54) is 11.3 Å². The van der Waals surface area contributed by atoms with Crippen molar-refractivity contribution in [2.24, 2.45) is 0 Å². The van der Waals surface area contributed by atoms with Crippen LogP contribution < -0.4 is 10.2 Å². The summed E-state index contributed by atoms with van der Waals surface area (Å²) in [7, 11) is 0. The second-order valence-corrected chi connectivity index (χ2v) is 10.8. The first-order chi connectivity index (χ1) is 16.6. The standard InChI is InChI=1S/C27H25N3O2S2/c1-2-33-22-10-7-18(8-11-22)14-26(31)29-21-9-12-24-25(15-21)34-27(32)30(24)17-19-13-20-5-3-4-6-23(20)28-16-19/h3-10,12-13,15-16,22H,2,11,14,17H2,1H3,(H,29,31). The second kappa shape index (κ2) is 9.99. The molecule has 0 saturated carbocycles. The number of amides is 1. The fourth-order valence-electron chi connectivity index (χ4n) is 4.18. The van der Waals surface area contributed by atoms with Gasteiger partial charge < -0.3 is 5.32 Å².